The summed E-state index contributed by atoms with van der Waals surface area (Å²) in [5, 5.41) is 0. The minimum atomic E-state index is 0. The second-order valence-corrected chi connectivity index (χ2v) is 7.58. The van der Waals surface area contributed by atoms with Gasteiger partial charge in [-0.3, -0.25) is 0 Å². The third-order valence-corrected chi connectivity index (χ3v) is 5.99. The van der Waals surface area contributed by atoms with Crippen LogP contribution in [-0.2, 0) is 6.42 Å². The van der Waals surface area contributed by atoms with Crippen LogP contribution < -0.4 is 4.90 Å². The van der Waals surface area contributed by atoms with E-state index in [-0.39, 0.29) is 24.8 Å². The second-order valence-electron chi connectivity index (χ2n) is 7.58. The molecule has 2 atom stereocenters. The van der Waals surface area contributed by atoms with Gasteiger partial charge in [0.15, 0.2) is 0 Å². The third kappa shape index (κ3) is 3.05. The van der Waals surface area contributed by atoms with E-state index in [4.69, 9.17) is 0 Å². The molecule has 2 aromatic carbocycles. The Kier molecular flexibility index (Phi) is 5.34. The molecule has 25 heavy (non-hydrogen) atoms. The number of fused-ring (bicyclic) bond motifs is 2. The fourth-order valence-corrected chi connectivity index (χ4v) is 5.04. The number of nitrogens with zero attached hydrogens (tertiary/aromatic N) is 2. The lowest BCUT2D eigenvalue weighted by Crippen LogP contribution is -2.41. The lowest BCUT2D eigenvalue weighted by atomic mass is 9.79. The normalized spacial score (nSPS) is 24.0. The molecular formula is C21H26Cl2N2. The number of hydrogen-bond acceptors (Lipinski definition) is 2. The van der Waals surface area contributed by atoms with Gasteiger partial charge >= 0.3 is 0 Å². The number of aryl methyl sites for hydroxylation is 1. The van der Waals surface area contributed by atoms with Crippen molar-refractivity contribution >= 4 is 30.5 Å². The highest BCUT2D eigenvalue weighted by molar-refractivity contribution is 5.85. The molecule has 0 amide bonds. The van der Waals surface area contributed by atoms with Gasteiger partial charge in [0.2, 0.25) is 0 Å². The lowest BCUT2D eigenvalue weighted by molar-refractivity contribution is 0.393. The maximum atomic E-state index is 2.68. The van der Waals surface area contributed by atoms with Crippen molar-refractivity contribution in [2.24, 2.45) is 5.92 Å². The van der Waals surface area contributed by atoms with E-state index >= 15 is 0 Å². The molecule has 0 radical (unpaired) electrons. The van der Waals surface area contributed by atoms with Crippen molar-refractivity contribution in [3.63, 3.8) is 0 Å². The van der Waals surface area contributed by atoms with Crippen molar-refractivity contribution < 1.29 is 0 Å². The Bertz CT molecular complexity index is 747. The summed E-state index contributed by atoms with van der Waals surface area (Å²) in [4.78, 5) is 5.21. The van der Waals surface area contributed by atoms with Crippen LogP contribution in [-0.4, -0.2) is 38.1 Å². The van der Waals surface area contributed by atoms with E-state index in [0.717, 1.165) is 11.8 Å². The molecule has 0 N–H and O–H groups in total. The van der Waals surface area contributed by atoms with Crippen LogP contribution in [0.5, 0.6) is 0 Å². The molecule has 0 spiro atoms. The Morgan fingerprint density at radius 3 is 2.52 bits per heavy atom. The molecule has 2 nitrogen and oxygen atoms in total. The van der Waals surface area contributed by atoms with E-state index in [0.29, 0.717) is 0 Å². The van der Waals surface area contributed by atoms with E-state index in [9.17, 15) is 0 Å². The molecule has 5 rings (SSSR count). The average Bonchev–Trinajstić information content (AvgIpc) is 2.96. The van der Waals surface area contributed by atoms with E-state index in [1.807, 2.05) is 0 Å². The average molecular weight is 377 g/mol. The van der Waals surface area contributed by atoms with Crippen molar-refractivity contribution in [1.29, 1.82) is 0 Å². The first-order chi connectivity index (χ1) is 11.3. The van der Waals surface area contributed by atoms with Gasteiger partial charge in [-0.05, 0) is 60.2 Å². The highest BCUT2D eigenvalue weighted by Crippen LogP contribution is 2.47. The van der Waals surface area contributed by atoms with Crippen molar-refractivity contribution in [2.75, 3.05) is 38.1 Å². The van der Waals surface area contributed by atoms with Crippen LogP contribution in [0.4, 0.5) is 5.69 Å². The van der Waals surface area contributed by atoms with Crippen LogP contribution in [0.2, 0.25) is 0 Å². The summed E-state index contributed by atoms with van der Waals surface area (Å²) in [6, 6.07) is 15.9. The molecule has 4 heteroatoms. The number of hydrogen-bond donors (Lipinski definition) is 0. The maximum absolute atomic E-state index is 2.68. The molecular weight excluding hydrogens is 351 g/mol. The van der Waals surface area contributed by atoms with Crippen molar-refractivity contribution in [2.45, 2.75) is 18.8 Å². The molecule has 3 aliphatic heterocycles. The van der Waals surface area contributed by atoms with E-state index in [1.165, 1.54) is 50.1 Å². The minimum Gasteiger partial charge on any atom is -0.371 e. The van der Waals surface area contributed by atoms with Gasteiger partial charge in [0.25, 0.3) is 0 Å². The molecule has 3 aliphatic rings. The Balaban J connectivity index is 0.000000911. The van der Waals surface area contributed by atoms with Crippen molar-refractivity contribution in [3.8, 4) is 11.1 Å². The van der Waals surface area contributed by atoms with E-state index in [2.05, 4.69) is 59.3 Å². The van der Waals surface area contributed by atoms with Gasteiger partial charge in [-0.15, -0.1) is 24.8 Å². The van der Waals surface area contributed by atoms with Gasteiger partial charge in [-0.25, -0.2) is 0 Å². The molecule has 3 heterocycles. The first-order valence-corrected chi connectivity index (χ1v) is 8.95. The van der Waals surface area contributed by atoms with Gasteiger partial charge in [0.1, 0.15) is 0 Å². The summed E-state index contributed by atoms with van der Waals surface area (Å²) < 4.78 is 0. The van der Waals surface area contributed by atoms with Crippen LogP contribution >= 0.6 is 24.8 Å². The predicted octanol–water partition coefficient (Wildman–Crippen LogP) is 4.61. The molecule has 0 unspecified atom stereocenters. The van der Waals surface area contributed by atoms with Gasteiger partial charge in [0.05, 0.1) is 0 Å². The largest absolute Gasteiger partial charge is 0.371 e. The van der Waals surface area contributed by atoms with Crippen molar-refractivity contribution in [1.82, 2.24) is 4.90 Å². The van der Waals surface area contributed by atoms with Crippen LogP contribution in [0, 0.1) is 5.92 Å². The topological polar surface area (TPSA) is 6.48 Å². The number of rotatable bonds is 1. The van der Waals surface area contributed by atoms with Crippen LogP contribution in [0.1, 0.15) is 23.5 Å². The fourth-order valence-electron chi connectivity index (χ4n) is 5.04. The summed E-state index contributed by atoms with van der Waals surface area (Å²) >= 11 is 0. The number of anilines is 1. The molecule has 0 aliphatic carbocycles. The summed E-state index contributed by atoms with van der Waals surface area (Å²) in [7, 11) is 2.28. The summed E-state index contributed by atoms with van der Waals surface area (Å²) in [5.41, 5.74) is 7.57. The van der Waals surface area contributed by atoms with E-state index in [1.54, 1.807) is 16.8 Å². The molecule has 0 aromatic heterocycles. The number of halogens is 2. The highest BCUT2D eigenvalue weighted by Gasteiger charge is 2.40. The molecule has 134 valence electrons. The minimum absolute atomic E-state index is 0. The van der Waals surface area contributed by atoms with Gasteiger partial charge in [0, 0.05) is 37.8 Å². The number of likely N-dealkylation sites (tertiary alicyclic amines) is 1. The SMILES string of the molecule is CN1C[C@H]2CN3CCCc4cc(-c5ccccc5)cc(c43)[C@H]2C1.Cl.Cl. The Morgan fingerprint density at radius 2 is 1.72 bits per heavy atom. The van der Waals surface area contributed by atoms with E-state index < -0.39 is 0 Å². The Hall–Kier alpha value is -1.22. The zero-order valence-electron chi connectivity index (χ0n) is 14.6. The molecule has 1 fully saturated rings. The first kappa shape index (κ1) is 18.6. The Labute approximate surface area is 163 Å². The third-order valence-electron chi connectivity index (χ3n) is 5.99. The first-order valence-electron chi connectivity index (χ1n) is 8.95. The molecule has 0 bridgehead atoms. The summed E-state index contributed by atoms with van der Waals surface area (Å²) in [6.45, 7) is 4.99. The Morgan fingerprint density at radius 1 is 0.920 bits per heavy atom. The molecule has 2 aromatic rings. The van der Waals surface area contributed by atoms with Crippen LogP contribution in [0.25, 0.3) is 11.1 Å². The van der Waals surface area contributed by atoms with Crippen LogP contribution in [0.3, 0.4) is 0 Å². The zero-order valence-corrected chi connectivity index (χ0v) is 16.3. The number of benzene rings is 2. The fraction of sp³-hybridized carbons (Fsp3) is 0.429. The molecule has 1 saturated heterocycles. The van der Waals surface area contributed by atoms with Gasteiger partial charge in [-0.1, -0.05) is 30.3 Å². The van der Waals surface area contributed by atoms with Crippen LogP contribution in [0.15, 0.2) is 42.5 Å². The second kappa shape index (κ2) is 7.19. The monoisotopic (exact) mass is 376 g/mol. The predicted molar refractivity (Wildman–Crippen MR) is 111 cm³/mol. The smallest absolute Gasteiger partial charge is 0.0435 e. The summed E-state index contributed by atoms with van der Waals surface area (Å²) in [5.74, 6) is 1.54. The maximum Gasteiger partial charge on any atom is 0.0435 e. The van der Waals surface area contributed by atoms with Gasteiger partial charge in [-0.2, -0.15) is 0 Å². The van der Waals surface area contributed by atoms with Gasteiger partial charge < -0.3 is 9.80 Å². The zero-order chi connectivity index (χ0) is 15.4. The summed E-state index contributed by atoms with van der Waals surface area (Å²) in [6.07, 6.45) is 2.55. The van der Waals surface area contributed by atoms with Crippen molar-refractivity contribution in [3.05, 3.63) is 53.6 Å². The molecule has 0 saturated carbocycles. The quantitative estimate of drug-likeness (QED) is 0.716. The number of likely N-dealkylation sites (N-methyl/N-ethyl adjacent to an activating group) is 1. The highest BCUT2D eigenvalue weighted by atomic mass is 35.5. The standard InChI is InChI=1S/C21H24N2.2ClH/c1-22-12-18-13-23-9-5-8-16-10-17(15-6-3-2-4-7-15)11-19(21(16)23)20(18)14-22;;/h2-4,6-7,10-11,18,20H,5,8-9,12-14H2,1H3;2*1H/t18-,20-;;/m0../s1. The lowest BCUT2D eigenvalue weighted by Gasteiger charge is -2.42.